The third-order valence-corrected chi connectivity index (χ3v) is 6.22. The van der Waals surface area contributed by atoms with Crippen molar-refractivity contribution in [3.05, 3.63) is 76.5 Å². The fourth-order valence-corrected chi connectivity index (χ4v) is 4.75. The molecule has 2 aliphatic rings. The summed E-state index contributed by atoms with van der Waals surface area (Å²) in [5.41, 5.74) is 9.35. The predicted octanol–water partition coefficient (Wildman–Crippen LogP) is 6.22. The molecule has 3 aromatic rings. The van der Waals surface area contributed by atoms with Crippen LogP contribution in [-0.4, -0.2) is 5.54 Å². The Morgan fingerprint density at radius 2 is 1.84 bits per heavy atom. The third-order valence-electron chi connectivity index (χ3n) is 5.59. The summed E-state index contributed by atoms with van der Waals surface area (Å²) in [5.74, 6) is 1.28. The number of nitrogens with two attached hydrogens (primary N) is 1. The van der Waals surface area contributed by atoms with Crippen LogP contribution in [0.2, 0.25) is 0 Å². The summed E-state index contributed by atoms with van der Waals surface area (Å²) in [5, 5.41) is 6.80. The maximum absolute atomic E-state index is 6.43. The molecular weight excluding hydrogens is 322 g/mol. The minimum absolute atomic E-state index is 0.00470. The summed E-state index contributed by atoms with van der Waals surface area (Å²) in [6.45, 7) is 2.21. The highest BCUT2D eigenvalue weighted by Gasteiger charge is 2.37. The number of fused-ring (bicyclic) bond motifs is 5. The second-order valence-corrected chi connectivity index (χ2v) is 8.43. The first-order valence-electron chi connectivity index (χ1n) is 9.10. The molecule has 0 amide bonds. The molecule has 128 valence electrons. The van der Waals surface area contributed by atoms with Crippen molar-refractivity contribution in [2.24, 2.45) is 11.7 Å². The summed E-state index contributed by atoms with van der Waals surface area (Å²) in [7, 11) is 0. The fraction of sp³-hybridized carbons (Fsp3) is 0.304. The smallest absolute Gasteiger partial charge is 0.0132 e. The van der Waals surface area contributed by atoms with Gasteiger partial charge in [-0.25, -0.2) is 0 Å². The SMILES string of the molecule is CC1(N)CCC2C=Cc3c(ccc4ccccc34)C2C1.c1ccsc1. The summed E-state index contributed by atoms with van der Waals surface area (Å²) < 4.78 is 0. The molecular formula is C23H25NS. The predicted molar refractivity (Wildman–Crippen MR) is 110 cm³/mol. The lowest BCUT2D eigenvalue weighted by molar-refractivity contribution is 0.245. The van der Waals surface area contributed by atoms with Gasteiger partial charge in [0, 0.05) is 5.54 Å². The van der Waals surface area contributed by atoms with Gasteiger partial charge >= 0.3 is 0 Å². The van der Waals surface area contributed by atoms with Gasteiger partial charge in [0.2, 0.25) is 0 Å². The first kappa shape index (κ1) is 16.6. The molecule has 5 rings (SSSR count). The van der Waals surface area contributed by atoms with Gasteiger partial charge in [0.15, 0.2) is 0 Å². The Morgan fingerprint density at radius 1 is 1.04 bits per heavy atom. The fourth-order valence-electron chi connectivity index (χ4n) is 4.29. The Hall–Kier alpha value is -1.90. The van der Waals surface area contributed by atoms with Crippen LogP contribution >= 0.6 is 11.3 Å². The molecule has 0 radical (unpaired) electrons. The zero-order valence-corrected chi connectivity index (χ0v) is 15.5. The zero-order valence-electron chi connectivity index (χ0n) is 14.7. The van der Waals surface area contributed by atoms with E-state index in [1.165, 1.54) is 28.3 Å². The number of rotatable bonds is 0. The molecule has 2 heteroatoms. The largest absolute Gasteiger partial charge is 0.325 e. The van der Waals surface area contributed by atoms with Crippen molar-refractivity contribution in [3.63, 3.8) is 0 Å². The number of allylic oxidation sites excluding steroid dienone is 1. The van der Waals surface area contributed by atoms with Crippen molar-refractivity contribution in [3.8, 4) is 0 Å². The number of hydrogen-bond donors (Lipinski definition) is 1. The Bertz CT molecular complexity index is 859. The standard InChI is InChI=1S/C19H21N.C4H4S/c1-19(20)11-10-14-7-8-16-15-5-3-2-4-13(15)6-9-17(16)18(14)12-19;1-2-4-5-3-1/h2-9,14,18H,10-12,20H2,1H3;1-4H. The summed E-state index contributed by atoms with van der Waals surface area (Å²) >= 11 is 1.71. The van der Waals surface area contributed by atoms with E-state index < -0.39 is 0 Å². The molecule has 3 atom stereocenters. The van der Waals surface area contributed by atoms with E-state index in [2.05, 4.69) is 55.5 Å². The van der Waals surface area contributed by atoms with Gasteiger partial charge in [-0.15, -0.1) is 0 Å². The first-order chi connectivity index (χ1) is 12.1. The van der Waals surface area contributed by atoms with Crippen molar-refractivity contribution in [2.75, 3.05) is 0 Å². The van der Waals surface area contributed by atoms with Gasteiger partial charge in [0.05, 0.1) is 0 Å². The van der Waals surface area contributed by atoms with Crippen LogP contribution in [-0.2, 0) is 0 Å². The Labute approximate surface area is 154 Å². The molecule has 25 heavy (non-hydrogen) atoms. The summed E-state index contributed by atoms with van der Waals surface area (Å²) in [6, 6.07) is 17.3. The lowest BCUT2D eigenvalue weighted by Crippen LogP contribution is -2.43. The van der Waals surface area contributed by atoms with Crippen molar-refractivity contribution < 1.29 is 0 Å². The lowest BCUT2D eigenvalue weighted by Gasteiger charge is -2.42. The van der Waals surface area contributed by atoms with Gasteiger partial charge in [-0.3, -0.25) is 0 Å². The maximum atomic E-state index is 6.43. The minimum atomic E-state index is -0.00470. The first-order valence-corrected chi connectivity index (χ1v) is 10.0. The van der Waals surface area contributed by atoms with Crippen molar-refractivity contribution in [1.82, 2.24) is 0 Å². The van der Waals surface area contributed by atoms with Crippen LogP contribution in [0.3, 0.4) is 0 Å². The van der Waals surface area contributed by atoms with Crippen molar-refractivity contribution in [1.29, 1.82) is 0 Å². The quantitative estimate of drug-likeness (QED) is 0.513. The van der Waals surface area contributed by atoms with Gasteiger partial charge in [0.25, 0.3) is 0 Å². The number of benzene rings is 2. The van der Waals surface area contributed by atoms with Crippen LogP contribution in [0.5, 0.6) is 0 Å². The second kappa shape index (κ2) is 6.78. The van der Waals surface area contributed by atoms with E-state index in [1.54, 1.807) is 11.3 Å². The van der Waals surface area contributed by atoms with Gasteiger partial charge in [-0.05, 0) is 70.7 Å². The number of hydrogen-bond acceptors (Lipinski definition) is 2. The van der Waals surface area contributed by atoms with Gasteiger partial charge in [0.1, 0.15) is 0 Å². The molecule has 1 fully saturated rings. The summed E-state index contributed by atoms with van der Waals surface area (Å²) in [4.78, 5) is 0. The van der Waals surface area contributed by atoms with E-state index in [1.807, 2.05) is 22.9 Å². The molecule has 0 spiro atoms. The van der Waals surface area contributed by atoms with Crippen molar-refractivity contribution >= 4 is 28.2 Å². The normalized spacial score (nSPS) is 27.1. The molecule has 1 nitrogen and oxygen atoms in total. The highest BCUT2D eigenvalue weighted by molar-refractivity contribution is 7.07. The second-order valence-electron chi connectivity index (χ2n) is 7.61. The molecule has 1 aromatic heterocycles. The Morgan fingerprint density at radius 3 is 2.60 bits per heavy atom. The van der Waals surface area contributed by atoms with Gasteiger partial charge in [-0.1, -0.05) is 60.7 Å². The molecule has 2 aromatic carbocycles. The third kappa shape index (κ3) is 3.42. The van der Waals surface area contributed by atoms with Crippen LogP contribution < -0.4 is 5.73 Å². The molecule has 2 N–H and O–H groups in total. The van der Waals surface area contributed by atoms with E-state index in [-0.39, 0.29) is 5.54 Å². The Kier molecular flexibility index (Phi) is 4.49. The van der Waals surface area contributed by atoms with E-state index in [0.29, 0.717) is 11.8 Å². The molecule has 0 saturated heterocycles. The van der Waals surface area contributed by atoms with E-state index in [4.69, 9.17) is 5.73 Å². The molecule has 1 saturated carbocycles. The highest BCUT2D eigenvalue weighted by Crippen LogP contribution is 2.47. The molecule has 3 unspecified atom stereocenters. The monoisotopic (exact) mass is 347 g/mol. The van der Waals surface area contributed by atoms with E-state index in [9.17, 15) is 0 Å². The highest BCUT2D eigenvalue weighted by atomic mass is 32.1. The van der Waals surface area contributed by atoms with Crippen LogP contribution in [0.15, 0.2) is 65.4 Å². The number of thiophene rings is 1. The average molecular weight is 348 g/mol. The minimum Gasteiger partial charge on any atom is -0.325 e. The lowest BCUT2D eigenvalue weighted by atomic mass is 9.65. The topological polar surface area (TPSA) is 26.0 Å². The van der Waals surface area contributed by atoms with Crippen LogP contribution in [0.25, 0.3) is 16.8 Å². The molecule has 0 bridgehead atoms. The van der Waals surface area contributed by atoms with Crippen LogP contribution in [0.1, 0.15) is 43.2 Å². The van der Waals surface area contributed by atoms with E-state index in [0.717, 1.165) is 12.8 Å². The van der Waals surface area contributed by atoms with Crippen LogP contribution in [0.4, 0.5) is 0 Å². The molecule has 0 aliphatic heterocycles. The molecule has 2 aliphatic carbocycles. The van der Waals surface area contributed by atoms with Crippen LogP contribution in [0, 0.1) is 5.92 Å². The Balaban J connectivity index is 0.000000272. The molecule has 1 heterocycles. The van der Waals surface area contributed by atoms with Gasteiger partial charge < -0.3 is 5.73 Å². The summed E-state index contributed by atoms with van der Waals surface area (Å²) in [6.07, 6.45) is 8.24. The van der Waals surface area contributed by atoms with Crippen molar-refractivity contribution in [2.45, 2.75) is 37.6 Å². The maximum Gasteiger partial charge on any atom is 0.0132 e. The van der Waals surface area contributed by atoms with Gasteiger partial charge in [-0.2, -0.15) is 11.3 Å². The zero-order chi connectivity index (χ0) is 17.3. The van der Waals surface area contributed by atoms with E-state index >= 15 is 0 Å². The average Bonchev–Trinajstić information content (AvgIpc) is 3.20.